The standard InChI is InChI=1S/C8H18NO4P/c1-6(7(10)13-5)9-14(11,12)8(2,3)4/h6H,1-5H3,(H2,9,11,12)/t6-/m1/s1. The number of esters is 1. The van der Waals surface area contributed by atoms with E-state index >= 15 is 0 Å². The third kappa shape index (κ3) is 3.40. The van der Waals surface area contributed by atoms with Crippen LogP contribution in [0.1, 0.15) is 27.7 Å². The van der Waals surface area contributed by atoms with Gasteiger partial charge in [0.2, 0.25) is 0 Å². The zero-order valence-electron chi connectivity index (χ0n) is 9.20. The van der Waals surface area contributed by atoms with Crippen molar-refractivity contribution >= 4 is 13.5 Å². The Kier molecular flexibility index (Phi) is 4.31. The van der Waals surface area contributed by atoms with E-state index in [1.54, 1.807) is 20.8 Å². The Labute approximate surface area is 84.3 Å². The number of carbonyl (C=O) groups excluding carboxylic acids is 1. The quantitative estimate of drug-likeness (QED) is 0.554. The van der Waals surface area contributed by atoms with Gasteiger partial charge in [-0.2, -0.15) is 0 Å². The van der Waals surface area contributed by atoms with Gasteiger partial charge in [0.1, 0.15) is 6.04 Å². The summed E-state index contributed by atoms with van der Waals surface area (Å²) in [5.41, 5.74) is 0. The average molecular weight is 223 g/mol. The van der Waals surface area contributed by atoms with E-state index < -0.39 is 24.7 Å². The second kappa shape index (κ2) is 4.43. The van der Waals surface area contributed by atoms with E-state index in [-0.39, 0.29) is 0 Å². The van der Waals surface area contributed by atoms with E-state index in [2.05, 4.69) is 9.82 Å². The molecule has 84 valence electrons. The van der Waals surface area contributed by atoms with Crippen LogP contribution in [0.3, 0.4) is 0 Å². The van der Waals surface area contributed by atoms with Gasteiger partial charge in [0.05, 0.1) is 12.3 Å². The SMILES string of the molecule is COC(=O)[C@@H](C)NP(=O)(O)C(C)(C)C. The topological polar surface area (TPSA) is 75.6 Å². The smallest absolute Gasteiger partial charge is 0.323 e. The molecule has 6 heteroatoms. The van der Waals surface area contributed by atoms with Crippen LogP contribution in [0.5, 0.6) is 0 Å². The van der Waals surface area contributed by atoms with Gasteiger partial charge in [-0.1, -0.05) is 0 Å². The first-order valence-corrected chi connectivity index (χ1v) is 5.96. The molecule has 0 aromatic carbocycles. The number of nitrogens with one attached hydrogen (secondary N) is 1. The van der Waals surface area contributed by atoms with Gasteiger partial charge < -0.3 is 9.63 Å². The number of hydrogen-bond donors (Lipinski definition) is 2. The molecule has 0 aliphatic rings. The van der Waals surface area contributed by atoms with Gasteiger partial charge in [-0.15, -0.1) is 0 Å². The molecule has 0 saturated carbocycles. The lowest BCUT2D eigenvalue weighted by molar-refractivity contribution is -0.142. The van der Waals surface area contributed by atoms with Gasteiger partial charge in [-0.05, 0) is 27.7 Å². The monoisotopic (exact) mass is 223 g/mol. The lowest BCUT2D eigenvalue weighted by atomic mass is 10.3. The van der Waals surface area contributed by atoms with E-state index in [0.717, 1.165) is 0 Å². The first-order chi connectivity index (χ1) is 6.12. The maximum absolute atomic E-state index is 11.7. The summed E-state index contributed by atoms with van der Waals surface area (Å²) in [6.07, 6.45) is 0. The largest absolute Gasteiger partial charge is 0.468 e. The van der Waals surface area contributed by atoms with Crippen LogP contribution in [-0.4, -0.2) is 29.2 Å². The normalized spacial score (nSPS) is 18.4. The fourth-order valence-electron chi connectivity index (χ4n) is 0.686. The van der Waals surface area contributed by atoms with Crippen LogP contribution in [0, 0.1) is 0 Å². The maximum atomic E-state index is 11.7. The van der Waals surface area contributed by atoms with Gasteiger partial charge >= 0.3 is 5.97 Å². The fraction of sp³-hybridized carbons (Fsp3) is 0.875. The molecule has 0 rings (SSSR count). The minimum absolute atomic E-state index is 0.552. The van der Waals surface area contributed by atoms with Crippen molar-refractivity contribution < 1.29 is 19.0 Å². The summed E-state index contributed by atoms with van der Waals surface area (Å²) in [5, 5.41) is 1.59. The molecule has 0 spiro atoms. The molecular weight excluding hydrogens is 205 g/mol. The molecule has 5 nitrogen and oxygen atoms in total. The number of ether oxygens (including phenoxy) is 1. The van der Waals surface area contributed by atoms with Crippen LogP contribution in [0.4, 0.5) is 0 Å². The van der Waals surface area contributed by atoms with Gasteiger partial charge in [-0.3, -0.25) is 9.36 Å². The van der Waals surface area contributed by atoms with Crippen molar-refractivity contribution in [2.24, 2.45) is 0 Å². The minimum atomic E-state index is -3.55. The second-order valence-corrected chi connectivity index (χ2v) is 6.87. The van der Waals surface area contributed by atoms with Crippen molar-refractivity contribution in [2.75, 3.05) is 7.11 Å². The number of carbonyl (C=O) groups is 1. The van der Waals surface area contributed by atoms with Crippen molar-refractivity contribution in [1.82, 2.24) is 5.09 Å². The van der Waals surface area contributed by atoms with Crippen molar-refractivity contribution in [3.8, 4) is 0 Å². The Morgan fingerprint density at radius 3 is 2.21 bits per heavy atom. The van der Waals surface area contributed by atoms with E-state index in [1.165, 1.54) is 14.0 Å². The zero-order valence-corrected chi connectivity index (χ0v) is 10.1. The van der Waals surface area contributed by atoms with Crippen LogP contribution in [0.15, 0.2) is 0 Å². The van der Waals surface area contributed by atoms with E-state index in [9.17, 15) is 14.3 Å². The van der Waals surface area contributed by atoms with Crippen LogP contribution < -0.4 is 5.09 Å². The molecular formula is C8H18NO4P. The highest BCUT2D eigenvalue weighted by molar-refractivity contribution is 7.57. The van der Waals surface area contributed by atoms with E-state index in [1.807, 2.05) is 0 Å². The van der Waals surface area contributed by atoms with Gasteiger partial charge in [0.15, 0.2) is 0 Å². The summed E-state index contributed by atoms with van der Waals surface area (Å²) in [4.78, 5) is 20.6. The fourth-order valence-corrected chi connectivity index (χ4v) is 1.70. The van der Waals surface area contributed by atoms with Crippen molar-refractivity contribution in [3.63, 3.8) is 0 Å². The van der Waals surface area contributed by atoms with Crippen LogP contribution in [0.2, 0.25) is 0 Å². The molecule has 0 radical (unpaired) electrons. The van der Waals surface area contributed by atoms with E-state index in [4.69, 9.17) is 0 Å². The first-order valence-electron chi connectivity index (χ1n) is 4.30. The van der Waals surface area contributed by atoms with Crippen molar-refractivity contribution in [2.45, 2.75) is 38.9 Å². The molecule has 0 bridgehead atoms. The van der Waals surface area contributed by atoms with Crippen LogP contribution in [0.25, 0.3) is 0 Å². The second-order valence-electron chi connectivity index (χ2n) is 4.12. The average Bonchev–Trinajstić information content (AvgIpc) is 2.00. The summed E-state index contributed by atoms with van der Waals surface area (Å²) >= 11 is 0. The highest BCUT2D eigenvalue weighted by Crippen LogP contribution is 2.50. The first kappa shape index (κ1) is 13.6. The number of methoxy groups -OCH3 is 1. The Morgan fingerprint density at radius 1 is 1.50 bits per heavy atom. The molecule has 14 heavy (non-hydrogen) atoms. The lowest BCUT2D eigenvalue weighted by Crippen LogP contribution is -2.37. The Balaban J connectivity index is 4.53. The van der Waals surface area contributed by atoms with Crippen LogP contribution in [-0.2, 0) is 14.1 Å². The molecule has 0 aromatic rings. The highest BCUT2D eigenvalue weighted by atomic mass is 31.2. The lowest BCUT2D eigenvalue weighted by Gasteiger charge is -2.28. The molecule has 0 aromatic heterocycles. The molecule has 2 N–H and O–H groups in total. The number of hydrogen-bond acceptors (Lipinski definition) is 3. The molecule has 0 aliphatic carbocycles. The molecule has 0 amide bonds. The summed E-state index contributed by atoms with van der Waals surface area (Å²) in [6.45, 7) is 6.38. The molecule has 0 aliphatic heterocycles. The van der Waals surface area contributed by atoms with E-state index in [0.29, 0.717) is 0 Å². The molecule has 2 atom stereocenters. The van der Waals surface area contributed by atoms with Crippen molar-refractivity contribution in [3.05, 3.63) is 0 Å². The van der Waals surface area contributed by atoms with Gasteiger partial charge in [0.25, 0.3) is 7.52 Å². The van der Waals surface area contributed by atoms with Crippen molar-refractivity contribution in [1.29, 1.82) is 0 Å². The third-order valence-electron chi connectivity index (χ3n) is 1.83. The zero-order chi connectivity index (χ0) is 11.6. The molecule has 0 heterocycles. The predicted molar refractivity (Wildman–Crippen MR) is 54.2 cm³/mol. The summed E-state index contributed by atoms with van der Waals surface area (Å²) in [6, 6.07) is -0.782. The minimum Gasteiger partial charge on any atom is -0.468 e. The summed E-state index contributed by atoms with van der Waals surface area (Å²) in [7, 11) is -2.31. The predicted octanol–water partition coefficient (Wildman–Crippen LogP) is 1.12. The molecule has 1 unspecified atom stereocenters. The Hall–Kier alpha value is -0.380. The highest BCUT2D eigenvalue weighted by Gasteiger charge is 2.37. The van der Waals surface area contributed by atoms with Gasteiger partial charge in [-0.25, -0.2) is 5.09 Å². The summed E-state index contributed by atoms with van der Waals surface area (Å²) in [5.74, 6) is -0.552. The Bertz CT molecular complexity index is 259. The molecule has 0 fully saturated rings. The van der Waals surface area contributed by atoms with Gasteiger partial charge in [0, 0.05) is 0 Å². The molecule has 0 saturated heterocycles. The maximum Gasteiger partial charge on any atom is 0.323 e. The Morgan fingerprint density at radius 2 is 1.93 bits per heavy atom. The number of rotatable bonds is 3. The third-order valence-corrected chi connectivity index (χ3v) is 4.39. The van der Waals surface area contributed by atoms with Crippen LogP contribution >= 0.6 is 7.52 Å². The summed E-state index contributed by atoms with van der Waals surface area (Å²) < 4.78 is 16.1.